The van der Waals surface area contributed by atoms with Gasteiger partial charge in [-0.3, -0.25) is 9.20 Å². The van der Waals surface area contributed by atoms with E-state index in [1.165, 1.54) is 6.08 Å². The van der Waals surface area contributed by atoms with Crippen LogP contribution in [-0.4, -0.2) is 20.3 Å². The molecule has 0 aliphatic heterocycles. The summed E-state index contributed by atoms with van der Waals surface area (Å²) in [5.41, 5.74) is 3.16. The molecule has 0 atom stereocenters. The lowest BCUT2D eigenvalue weighted by molar-refractivity contribution is -0.111. The van der Waals surface area contributed by atoms with Gasteiger partial charge in [-0.05, 0) is 35.9 Å². The molecule has 1 N–H and O–H groups in total. The summed E-state index contributed by atoms with van der Waals surface area (Å²) in [6.07, 6.45) is 8.65. The highest BCUT2D eigenvalue weighted by Gasteiger charge is 2.06. The molecule has 0 saturated heterocycles. The number of halogens is 1. The van der Waals surface area contributed by atoms with Crippen molar-refractivity contribution in [1.82, 2.24) is 14.4 Å². The second-order valence-corrected chi connectivity index (χ2v) is 6.29. The number of carbonyl (C=O) groups excluding carboxylic acids is 1. The van der Waals surface area contributed by atoms with Crippen molar-refractivity contribution in [3.63, 3.8) is 0 Å². The number of fused-ring (bicyclic) bond motifs is 1. The Balaban J connectivity index is 1.52. The molecule has 27 heavy (non-hydrogen) atoms. The maximum atomic E-state index is 12.2. The van der Waals surface area contributed by atoms with E-state index in [1.807, 2.05) is 65.3 Å². The number of nitrogens with zero attached hydrogens (tertiary/aromatic N) is 3. The molecule has 0 saturated carbocycles. The Hall–Kier alpha value is -3.44. The lowest BCUT2D eigenvalue weighted by Gasteiger charge is -2.04. The average molecular weight is 375 g/mol. The molecule has 0 radical (unpaired) electrons. The molecule has 132 valence electrons. The summed E-state index contributed by atoms with van der Waals surface area (Å²) in [5, 5.41) is 3.46. The van der Waals surface area contributed by atoms with Gasteiger partial charge in [0.05, 0.1) is 5.69 Å². The van der Waals surface area contributed by atoms with Gasteiger partial charge < -0.3 is 5.32 Å². The fourth-order valence-corrected chi connectivity index (χ4v) is 2.88. The normalized spacial score (nSPS) is 11.1. The zero-order chi connectivity index (χ0) is 18.6. The molecule has 2 aromatic carbocycles. The third-order valence-electron chi connectivity index (χ3n) is 3.98. The minimum atomic E-state index is -0.233. The lowest BCUT2D eigenvalue weighted by Crippen LogP contribution is -2.07. The van der Waals surface area contributed by atoms with Crippen LogP contribution in [0.2, 0.25) is 5.02 Å². The Kier molecular flexibility index (Phi) is 4.68. The van der Waals surface area contributed by atoms with Gasteiger partial charge in [0.2, 0.25) is 11.7 Å². The predicted molar refractivity (Wildman–Crippen MR) is 108 cm³/mol. The first kappa shape index (κ1) is 17.0. The number of aromatic nitrogens is 3. The van der Waals surface area contributed by atoms with Crippen molar-refractivity contribution in [2.45, 2.75) is 0 Å². The van der Waals surface area contributed by atoms with Gasteiger partial charge in [-0.15, -0.1) is 0 Å². The van der Waals surface area contributed by atoms with Crippen molar-refractivity contribution >= 4 is 35.0 Å². The van der Waals surface area contributed by atoms with Crippen molar-refractivity contribution < 1.29 is 4.79 Å². The highest BCUT2D eigenvalue weighted by Crippen LogP contribution is 2.22. The van der Waals surface area contributed by atoms with Crippen LogP contribution < -0.4 is 5.32 Å². The topological polar surface area (TPSA) is 59.3 Å². The Morgan fingerprint density at radius 1 is 1.11 bits per heavy atom. The quantitative estimate of drug-likeness (QED) is 0.526. The number of hydrogen-bond donors (Lipinski definition) is 1. The maximum absolute atomic E-state index is 12.2. The number of nitrogens with one attached hydrogen (secondary N) is 1. The van der Waals surface area contributed by atoms with Crippen molar-refractivity contribution in [3.05, 3.63) is 89.8 Å². The molecule has 4 aromatic rings. The second kappa shape index (κ2) is 7.43. The van der Waals surface area contributed by atoms with Crippen LogP contribution in [0.5, 0.6) is 0 Å². The number of hydrogen-bond acceptors (Lipinski definition) is 3. The van der Waals surface area contributed by atoms with Gasteiger partial charge in [-0.25, -0.2) is 9.97 Å². The van der Waals surface area contributed by atoms with E-state index in [0.717, 1.165) is 16.8 Å². The van der Waals surface area contributed by atoms with E-state index in [1.54, 1.807) is 18.3 Å². The Labute approximate surface area is 161 Å². The molecule has 0 aliphatic carbocycles. The predicted octanol–water partition coefficient (Wildman–Crippen LogP) is 4.70. The van der Waals surface area contributed by atoms with Crippen LogP contribution in [0, 0.1) is 0 Å². The van der Waals surface area contributed by atoms with Gasteiger partial charge >= 0.3 is 0 Å². The van der Waals surface area contributed by atoms with Crippen LogP contribution in [-0.2, 0) is 4.79 Å². The third-order valence-corrected chi connectivity index (χ3v) is 4.33. The van der Waals surface area contributed by atoms with E-state index in [2.05, 4.69) is 15.3 Å². The minimum Gasteiger partial charge on any atom is -0.322 e. The standard InChI is InChI=1S/C21H15ClN4O/c22-18-8-2-1-5-15(18)9-10-20(27)24-17-7-3-6-16(13-17)19-14-26-12-4-11-23-21(26)25-19/h1-14H,(H,24,27)/b10-9+. The third kappa shape index (κ3) is 3.88. The maximum Gasteiger partial charge on any atom is 0.248 e. The van der Waals surface area contributed by atoms with Crippen LogP contribution in [0.4, 0.5) is 5.69 Å². The average Bonchev–Trinajstić information content (AvgIpc) is 3.12. The summed E-state index contributed by atoms with van der Waals surface area (Å²) in [5.74, 6) is 0.397. The molecule has 6 heteroatoms. The highest BCUT2D eigenvalue weighted by molar-refractivity contribution is 6.32. The van der Waals surface area contributed by atoms with Gasteiger partial charge in [-0.2, -0.15) is 0 Å². The fourth-order valence-electron chi connectivity index (χ4n) is 2.68. The van der Waals surface area contributed by atoms with Crippen molar-refractivity contribution in [2.24, 2.45) is 0 Å². The molecular formula is C21H15ClN4O. The number of amides is 1. The molecule has 2 aromatic heterocycles. The molecule has 0 aliphatic rings. The minimum absolute atomic E-state index is 0.233. The number of benzene rings is 2. The highest BCUT2D eigenvalue weighted by atomic mass is 35.5. The van der Waals surface area contributed by atoms with E-state index in [4.69, 9.17) is 11.6 Å². The zero-order valence-electron chi connectivity index (χ0n) is 14.2. The number of rotatable bonds is 4. The second-order valence-electron chi connectivity index (χ2n) is 5.88. The summed E-state index contributed by atoms with van der Waals surface area (Å²) in [4.78, 5) is 20.9. The van der Waals surface area contributed by atoms with Crippen LogP contribution in [0.25, 0.3) is 23.1 Å². The van der Waals surface area contributed by atoms with Crippen molar-refractivity contribution in [1.29, 1.82) is 0 Å². The van der Waals surface area contributed by atoms with E-state index < -0.39 is 0 Å². The zero-order valence-corrected chi connectivity index (χ0v) is 15.0. The summed E-state index contributed by atoms with van der Waals surface area (Å²) >= 11 is 6.09. The lowest BCUT2D eigenvalue weighted by atomic mass is 10.1. The van der Waals surface area contributed by atoms with Gasteiger partial charge in [0.1, 0.15) is 0 Å². The van der Waals surface area contributed by atoms with Gasteiger partial charge in [0.25, 0.3) is 0 Å². The summed E-state index contributed by atoms with van der Waals surface area (Å²) < 4.78 is 1.85. The Morgan fingerprint density at radius 2 is 2.00 bits per heavy atom. The fraction of sp³-hybridized carbons (Fsp3) is 0. The Morgan fingerprint density at radius 3 is 2.85 bits per heavy atom. The molecule has 0 fully saturated rings. The molecule has 5 nitrogen and oxygen atoms in total. The number of imidazole rings is 1. The number of carbonyl (C=O) groups is 1. The first-order valence-corrected chi connectivity index (χ1v) is 8.70. The number of anilines is 1. The monoisotopic (exact) mass is 374 g/mol. The molecule has 2 heterocycles. The largest absolute Gasteiger partial charge is 0.322 e. The molecule has 4 rings (SSSR count). The van der Waals surface area contributed by atoms with E-state index in [9.17, 15) is 4.79 Å². The summed E-state index contributed by atoms with van der Waals surface area (Å²) in [7, 11) is 0. The van der Waals surface area contributed by atoms with Crippen LogP contribution >= 0.6 is 11.6 Å². The van der Waals surface area contributed by atoms with Crippen LogP contribution in [0.3, 0.4) is 0 Å². The molecule has 0 unspecified atom stereocenters. The van der Waals surface area contributed by atoms with E-state index in [-0.39, 0.29) is 5.91 Å². The smallest absolute Gasteiger partial charge is 0.248 e. The van der Waals surface area contributed by atoms with Crippen molar-refractivity contribution in [3.8, 4) is 11.3 Å². The van der Waals surface area contributed by atoms with Gasteiger partial charge in [0, 0.05) is 40.9 Å². The first-order valence-electron chi connectivity index (χ1n) is 8.33. The van der Waals surface area contributed by atoms with Crippen LogP contribution in [0.15, 0.2) is 79.3 Å². The summed E-state index contributed by atoms with van der Waals surface area (Å²) in [6, 6.07) is 16.7. The van der Waals surface area contributed by atoms with Gasteiger partial charge in [0.15, 0.2) is 0 Å². The Bertz CT molecular complexity index is 1120. The van der Waals surface area contributed by atoms with Crippen LogP contribution in [0.1, 0.15) is 5.56 Å². The molecule has 0 bridgehead atoms. The van der Waals surface area contributed by atoms with Crippen molar-refractivity contribution in [2.75, 3.05) is 5.32 Å². The molecular weight excluding hydrogens is 360 g/mol. The van der Waals surface area contributed by atoms with Gasteiger partial charge in [-0.1, -0.05) is 41.9 Å². The van der Waals surface area contributed by atoms with E-state index in [0.29, 0.717) is 16.5 Å². The molecule has 1 amide bonds. The molecule has 0 spiro atoms. The summed E-state index contributed by atoms with van der Waals surface area (Å²) in [6.45, 7) is 0. The SMILES string of the molecule is O=C(/C=C/c1ccccc1Cl)Nc1cccc(-c2cn3cccnc3n2)c1. The van der Waals surface area contributed by atoms with E-state index >= 15 is 0 Å². The first-order chi connectivity index (χ1) is 13.2.